The van der Waals surface area contributed by atoms with E-state index in [2.05, 4.69) is 109 Å². The smallest absolute Gasteiger partial charge is 0.200 e. The van der Waals surface area contributed by atoms with E-state index < -0.39 is 0 Å². The molecule has 0 spiro atoms. The Kier molecular flexibility index (Phi) is 3.98. The molecule has 5 aromatic carbocycles. The number of fused-ring (bicyclic) bond motifs is 10. The molecule has 0 amide bonds. The lowest BCUT2D eigenvalue weighted by Crippen LogP contribution is -2.02. The minimum atomic E-state index is 0.606. The van der Waals surface area contributed by atoms with Gasteiger partial charge in [-0.05, 0) is 98.5 Å². The Morgan fingerprint density at radius 3 is 0.875 bits per heavy atom. The van der Waals surface area contributed by atoms with Gasteiger partial charge in [0.15, 0.2) is 44.7 Å². The second kappa shape index (κ2) is 7.30. The second-order valence-electron chi connectivity index (χ2n) is 11.0. The third kappa shape index (κ3) is 2.72. The fourth-order valence-electron chi connectivity index (χ4n) is 6.15. The van der Waals surface area contributed by atoms with Gasteiger partial charge in [-0.15, -0.1) is 0 Å². The van der Waals surface area contributed by atoms with E-state index in [1.165, 1.54) is 0 Å². The van der Waals surface area contributed by atoms with Gasteiger partial charge in [-0.3, -0.25) is 8.80 Å². The normalized spacial score (nSPS) is 12.5. The van der Waals surface area contributed by atoms with Crippen molar-refractivity contribution in [1.29, 1.82) is 0 Å². The molecule has 0 aliphatic carbocycles. The van der Waals surface area contributed by atoms with Crippen LogP contribution in [0.15, 0.2) is 90.5 Å². The summed E-state index contributed by atoms with van der Waals surface area (Å²) in [5.41, 5.74) is 15.2. The number of rotatable bonds is 0. The summed E-state index contributed by atoms with van der Waals surface area (Å²) in [6, 6.07) is 25.1. The standard InChI is InChI=1S/C34H24N2O4/c1-17-5-9-21-25(13-17)37-31-29-33(39-26-14-18(2)6-10-22(26)35(21)29)34-30-32(31)38-27-15-19(3)7-11-23(27)36(30)24-12-8-20(4)16-28(24)40-34/h5-16H,1-4H3. The lowest BCUT2D eigenvalue weighted by Gasteiger charge is -2.19. The van der Waals surface area contributed by atoms with Gasteiger partial charge in [0.1, 0.15) is 11.0 Å². The fourth-order valence-corrected chi connectivity index (χ4v) is 6.15. The highest BCUT2D eigenvalue weighted by Gasteiger charge is 2.26. The predicted octanol–water partition coefficient (Wildman–Crippen LogP) is 9.84. The number of hydrogen-bond donors (Lipinski definition) is 0. The van der Waals surface area contributed by atoms with Crippen LogP contribution in [-0.2, 0) is 0 Å². The van der Waals surface area contributed by atoms with Crippen LogP contribution in [0.3, 0.4) is 0 Å². The van der Waals surface area contributed by atoms with Gasteiger partial charge < -0.3 is 17.7 Å². The van der Waals surface area contributed by atoms with E-state index in [4.69, 9.17) is 17.7 Å². The molecule has 0 unspecified atom stereocenters. The van der Waals surface area contributed by atoms with Crippen LogP contribution in [0, 0.1) is 27.7 Å². The van der Waals surface area contributed by atoms with Gasteiger partial charge in [-0.2, -0.15) is 0 Å². The van der Waals surface area contributed by atoms with Crippen molar-refractivity contribution in [2.75, 3.05) is 0 Å². The van der Waals surface area contributed by atoms with E-state index in [-0.39, 0.29) is 0 Å². The zero-order valence-corrected chi connectivity index (χ0v) is 22.5. The number of aromatic nitrogens is 2. The molecular weight excluding hydrogens is 500 g/mol. The number of aryl methyl sites for hydroxylation is 4. The first-order valence-electron chi connectivity index (χ1n) is 13.4. The zero-order valence-electron chi connectivity index (χ0n) is 22.5. The summed E-state index contributed by atoms with van der Waals surface area (Å²) in [5, 5.41) is 0. The third-order valence-electron chi connectivity index (χ3n) is 7.99. The molecule has 9 rings (SSSR count). The molecule has 0 bridgehead atoms. The van der Waals surface area contributed by atoms with Crippen LogP contribution in [0.1, 0.15) is 22.3 Å². The SMILES string of the molecule is Cc1ccc2c(c1)oc1c3oc4cc(C)ccc4n4c5ccc(C)cc5oc(c5oc6cc(C)ccc6n2c15)c34. The molecule has 6 nitrogen and oxygen atoms in total. The molecule has 9 aromatic rings. The predicted molar refractivity (Wildman–Crippen MR) is 159 cm³/mol. The summed E-state index contributed by atoms with van der Waals surface area (Å²) in [4.78, 5) is 0. The van der Waals surface area contributed by atoms with Crippen LogP contribution >= 0.6 is 0 Å². The van der Waals surface area contributed by atoms with Gasteiger partial charge in [0, 0.05) is 0 Å². The minimum absolute atomic E-state index is 0.606. The first-order chi connectivity index (χ1) is 19.4. The summed E-state index contributed by atoms with van der Waals surface area (Å²) in [7, 11) is 0. The van der Waals surface area contributed by atoms with Crippen LogP contribution < -0.4 is 0 Å². The molecule has 0 radical (unpaired) electrons. The molecule has 4 heterocycles. The summed E-state index contributed by atoms with van der Waals surface area (Å²) < 4.78 is 31.4. The maximum atomic E-state index is 6.74. The van der Waals surface area contributed by atoms with E-state index in [9.17, 15) is 0 Å². The lowest BCUT2D eigenvalue weighted by molar-refractivity contribution is 0.597. The van der Waals surface area contributed by atoms with Crippen molar-refractivity contribution in [3.05, 3.63) is 95.1 Å². The van der Waals surface area contributed by atoms with Crippen LogP contribution in [0.2, 0.25) is 0 Å². The molecule has 0 aliphatic rings. The maximum absolute atomic E-state index is 6.74. The average molecular weight is 525 g/mol. The van der Waals surface area contributed by atoms with E-state index in [1.54, 1.807) is 0 Å². The van der Waals surface area contributed by atoms with Crippen molar-refractivity contribution in [2.24, 2.45) is 0 Å². The van der Waals surface area contributed by atoms with Gasteiger partial charge in [0.2, 0.25) is 0 Å². The zero-order chi connectivity index (χ0) is 26.9. The maximum Gasteiger partial charge on any atom is 0.200 e. The molecule has 40 heavy (non-hydrogen) atoms. The van der Waals surface area contributed by atoms with Gasteiger partial charge in [-0.25, -0.2) is 0 Å². The topological polar surface area (TPSA) is 61.4 Å². The van der Waals surface area contributed by atoms with Gasteiger partial charge in [0.25, 0.3) is 0 Å². The van der Waals surface area contributed by atoms with E-state index in [0.717, 1.165) is 77.7 Å². The van der Waals surface area contributed by atoms with Crippen molar-refractivity contribution in [2.45, 2.75) is 27.7 Å². The number of nitrogens with zero attached hydrogens (tertiary/aromatic N) is 2. The van der Waals surface area contributed by atoms with Gasteiger partial charge in [-0.1, -0.05) is 24.3 Å². The monoisotopic (exact) mass is 524 g/mol. The Labute approximate surface area is 226 Å². The van der Waals surface area contributed by atoms with Crippen LogP contribution in [0.4, 0.5) is 0 Å². The molecule has 0 saturated carbocycles. The molecule has 194 valence electrons. The first-order valence-corrected chi connectivity index (χ1v) is 13.4. The molecular formula is C34H24N2O4. The van der Waals surface area contributed by atoms with Gasteiger partial charge >= 0.3 is 0 Å². The summed E-state index contributed by atoms with van der Waals surface area (Å²) in [6.07, 6.45) is 0. The molecule has 0 atom stereocenters. The highest BCUT2D eigenvalue weighted by Crippen LogP contribution is 2.43. The highest BCUT2D eigenvalue weighted by molar-refractivity contribution is 6.20. The Morgan fingerprint density at radius 1 is 0.375 bits per heavy atom. The summed E-state index contributed by atoms with van der Waals surface area (Å²) >= 11 is 0. The van der Waals surface area contributed by atoms with E-state index in [0.29, 0.717) is 22.3 Å². The molecule has 0 saturated heterocycles. The fraction of sp³-hybridized carbons (Fsp3) is 0.118. The average Bonchev–Trinajstić information content (AvgIpc) is 2.93. The number of benzene rings is 5. The largest absolute Gasteiger partial charge is 0.449 e. The van der Waals surface area contributed by atoms with E-state index >= 15 is 0 Å². The minimum Gasteiger partial charge on any atom is -0.449 e. The van der Waals surface area contributed by atoms with Crippen molar-refractivity contribution in [3.63, 3.8) is 0 Å². The molecule has 4 aromatic heterocycles. The van der Waals surface area contributed by atoms with Crippen molar-refractivity contribution in [3.8, 4) is 0 Å². The molecule has 0 N–H and O–H groups in total. The summed E-state index contributed by atoms with van der Waals surface area (Å²) in [5.74, 6) is 0. The van der Waals surface area contributed by atoms with Crippen molar-refractivity contribution in [1.82, 2.24) is 8.80 Å². The quantitative estimate of drug-likeness (QED) is 0.146. The Bertz CT molecular complexity index is 2240. The first kappa shape index (κ1) is 21.8. The van der Waals surface area contributed by atoms with Crippen molar-refractivity contribution < 1.29 is 17.7 Å². The molecule has 6 heteroatoms. The molecule has 0 fully saturated rings. The van der Waals surface area contributed by atoms with Crippen molar-refractivity contribution >= 4 is 77.8 Å². The Morgan fingerprint density at radius 2 is 0.625 bits per heavy atom. The highest BCUT2D eigenvalue weighted by atomic mass is 16.4. The van der Waals surface area contributed by atoms with Gasteiger partial charge in [0.05, 0.1) is 22.1 Å². The number of hydrogen-bond acceptors (Lipinski definition) is 4. The summed E-state index contributed by atoms with van der Waals surface area (Å²) in [6.45, 7) is 8.29. The Hall–Kier alpha value is -5.10. The Balaban J connectivity index is 1.71. The van der Waals surface area contributed by atoms with Crippen LogP contribution in [0.5, 0.6) is 0 Å². The van der Waals surface area contributed by atoms with E-state index in [1.807, 2.05) is 0 Å². The molecule has 0 aliphatic heterocycles. The second-order valence-corrected chi connectivity index (χ2v) is 11.0. The lowest BCUT2D eigenvalue weighted by atomic mass is 10.1. The van der Waals surface area contributed by atoms with Crippen LogP contribution in [-0.4, -0.2) is 8.80 Å². The van der Waals surface area contributed by atoms with Crippen LogP contribution in [0.25, 0.3) is 77.8 Å². The third-order valence-corrected chi connectivity index (χ3v) is 7.99.